The lowest BCUT2D eigenvalue weighted by atomic mass is 10.0. The Bertz CT molecular complexity index is 468. The lowest BCUT2D eigenvalue weighted by Gasteiger charge is -2.08. The summed E-state index contributed by atoms with van der Waals surface area (Å²) in [6, 6.07) is 6.30. The molecule has 0 amide bonds. The molecule has 0 fully saturated rings. The third kappa shape index (κ3) is 1.42. The average Bonchev–Trinajstić information content (AvgIpc) is 2.46. The number of aryl methyl sites for hydroxylation is 1. The van der Waals surface area contributed by atoms with Crippen molar-refractivity contribution in [3.8, 4) is 0 Å². The molecule has 0 saturated carbocycles. The van der Waals surface area contributed by atoms with Gasteiger partial charge in [0, 0.05) is 16.6 Å². The minimum Gasteiger partial charge on any atom is -0.359 e. The van der Waals surface area contributed by atoms with E-state index < -0.39 is 0 Å². The molecule has 0 saturated heterocycles. The van der Waals surface area contributed by atoms with Crippen molar-refractivity contribution in [2.75, 3.05) is 0 Å². The van der Waals surface area contributed by atoms with Crippen LogP contribution in [0, 0.1) is 6.92 Å². The van der Waals surface area contributed by atoms with Crippen molar-refractivity contribution < 1.29 is 0 Å². The Labute approximate surface area is 89.1 Å². The first-order valence-corrected chi connectivity index (χ1v) is 5.25. The van der Waals surface area contributed by atoms with Gasteiger partial charge in [0.25, 0.3) is 0 Å². The Morgan fingerprint density at radius 1 is 1.29 bits per heavy atom. The molecule has 0 atom stereocenters. The van der Waals surface area contributed by atoms with Gasteiger partial charge in [-0.2, -0.15) is 0 Å². The second-order valence-corrected chi connectivity index (χ2v) is 4.42. The van der Waals surface area contributed by atoms with Crippen LogP contribution in [0.3, 0.4) is 0 Å². The number of aromatic amines is 1. The molecule has 74 valence electrons. The third-order valence-corrected chi connectivity index (χ3v) is 2.95. The Morgan fingerprint density at radius 2 is 2.00 bits per heavy atom. The van der Waals surface area contributed by atoms with Crippen molar-refractivity contribution >= 4 is 22.5 Å². The molecule has 0 bridgehead atoms. The maximum atomic E-state index is 6.33. The van der Waals surface area contributed by atoms with Gasteiger partial charge in [0.15, 0.2) is 0 Å². The molecule has 0 spiro atoms. The molecule has 14 heavy (non-hydrogen) atoms. The van der Waals surface area contributed by atoms with Gasteiger partial charge in [-0.25, -0.2) is 0 Å². The van der Waals surface area contributed by atoms with Gasteiger partial charge in [-0.3, -0.25) is 0 Å². The number of benzene rings is 1. The number of H-pyrrole nitrogens is 1. The highest BCUT2D eigenvalue weighted by Crippen LogP contribution is 2.31. The van der Waals surface area contributed by atoms with E-state index in [2.05, 4.69) is 37.0 Å². The van der Waals surface area contributed by atoms with E-state index in [1.54, 1.807) is 0 Å². The Morgan fingerprint density at radius 3 is 2.64 bits per heavy atom. The number of fused-ring (bicyclic) bond motifs is 1. The summed E-state index contributed by atoms with van der Waals surface area (Å²) in [6.45, 7) is 6.37. The van der Waals surface area contributed by atoms with Crippen molar-refractivity contribution in [2.45, 2.75) is 26.7 Å². The molecule has 0 radical (unpaired) electrons. The second kappa shape index (κ2) is 3.32. The van der Waals surface area contributed by atoms with E-state index >= 15 is 0 Å². The van der Waals surface area contributed by atoms with Gasteiger partial charge < -0.3 is 4.98 Å². The zero-order chi connectivity index (χ0) is 10.3. The van der Waals surface area contributed by atoms with Crippen molar-refractivity contribution in [1.82, 2.24) is 4.98 Å². The van der Waals surface area contributed by atoms with Crippen LogP contribution in [-0.2, 0) is 0 Å². The molecular weight excluding hydrogens is 194 g/mol. The highest BCUT2D eigenvalue weighted by Gasteiger charge is 2.09. The van der Waals surface area contributed by atoms with E-state index in [1.165, 1.54) is 5.56 Å². The van der Waals surface area contributed by atoms with Gasteiger partial charge in [-0.05, 0) is 30.5 Å². The van der Waals surface area contributed by atoms with Gasteiger partial charge in [-0.1, -0.05) is 31.5 Å². The topological polar surface area (TPSA) is 15.8 Å². The molecule has 1 aromatic carbocycles. The summed E-state index contributed by atoms with van der Waals surface area (Å²) < 4.78 is 0. The summed E-state index contributed by atoms with van der Waals surface area (Å²) in [7, 11) is 0. The molecule has 0 aliphatic rings. The highest BCUT2D eigenvalue weighted by atomic mass is 35.5. The fourth-order valence-corrected chi connectivity index (χ4v) is 2.21. The molecule has 2 rings (SSSR count). The first kappa shape index (κ1) is 9.60. The zero-order valence-electron chi connectivity index (χ0n) is 8.69. The largest absolute Gasteiger partial charge is 0.359 e. The first-order valence-electron chi connectivity index (χ1n) is 4.87. The van der Waals surface area contributed by atoms with Gasteiger partial charge in [0.05, 0.1) is 5.02 Å². The molecule has 1 heterocycles. The van der Waals surface area contributed by atoms with Crippen LogP contribution in [0.25, 0.3) is 10.9 Å². The van der Waals surface area contributed by atoms with E-state index in [0.717, 1.165) is 21.6 Å². The van der Waals surface area contributed by atoms with Crippen LogP contribution >= 0.6 is 11.6 Å². The lowest BCUT2D eigenvalue weighted by molar-refractivity contribution is 0.869. The quantitative estimate of drug-likeness (QED) is 0.720. The SMILES string of the molecule is Cc1cc2c(Cl)c(C(C)C)ccc2[nH]1. The van der Waals surface area contributed by atoms with E-state index in [0.29, 0.717) is 5.92 Å². The van der Waals surface area contributed by atoms with E-state index in [9.17, 15) is 0 Å². The maximum Gasteiger partial charge on any atom is 0.0534 e. The van der Waals surface area contributed by atoms with Crippen molar-refractivity contribution in [1.29, 1.82) is 0 Å². The summed E-state index contributed by atoms with van der Waals surface area (Å²) in [5, 5.41) is 2.03. The van der Waals surface area contributed by atoms with Crippen LogP contribution in [0.4, 0.5) is 0 Å². The average molecular weight is 208 g/mol. The standard InChI is InChI=1S/C12H14ClN/c1-7(2)9-4-5-11-10(12(9)13)6-8(3)14-11/h4-7,14H,1-3H3. The molecule has 2 aromatic rings. The number of hydrogen-bond donors (Lipinski definition) is 1. The minimum atomic E-state index is 0.474. The van der Waals surface area contributed by atoms with Crippen molar-refractivity contribution in [3.63, 3.8) is 0 Å². The molecule has 0 aliphatic carbocycles. The van der Waals surface area contributed by atoms with Crippen molar-refractivity contribution in [3.05, 3.63) is 34.5 Å². The van der Waals surface area contributed by atoms with Crippen LogP contribution in [0.2, 0.25) is 5.02 Å². The van der Waals surface area contributed by atoms with E-state index in [1.807, 2.05) is 6.92 Å². The monoisotopic (exact) mass is 207 g/mol. The first-order chi connectivity index (χ1) is 6.59. The van der Waals surface area contributed by atoms with Gasteiger partial charge in [0.2, 0.25) is 0 Å². The maximum absolute atomic E-state index is 6.33. The summed E-state index contributed by atoms with van der Waals surface area (Å²) in [5.74, 6) is 0.474. The highest BCUT2D eigenvalue weighted by molar-refractivity contribution is 6.36. The van der Waals surface area contributed by atoms with E-state index in [4.69, 9.17) is 11.6 Å². The summed E-state index contributed by atoms with van der Waals surface area (Å²) in [6.07, 6.45) is 0. The summed E-state index contributed by atoms with van der Waals surface area (Å²) in [5.41, 5.74) is 3.50. The van der Waals surface area contributed by atoms with Gasteiger partial charge in [-0.15, -0.1) is 0 Å². The summed E-state index contributed by atoms with van der Waals surface area (Å²) >= 11 is 6.33. The number of halogens is 1. The van der Waals surface area contributed by atoms with Crippen LogP contribution < -0.4 is 0 Å². The predicted octanol–water partition coefficient (Wildman–Crippen LogP) is 4.25. The van der Waals surface area contributed by atoms with Crippen LogP contribution in [-0.4, -0.2) is 4.98 Å². The minimum absolute atomic E-state index is 0.474. The second-order valence-electron chi connectivity index (χ2n) is 4.04. The molecule has 1 aromatic heterocycles. The molecule has 0 unspecified atom stereocenters. The Kier molecular flexibility index (Phi) is 2.28. The molecule has 1 nitrogen and oxygen atoms in total. The lowest BCUT2D eigenvalue weighted by Crippen LogP contribution is -1.88. The Balaban J connectivity index is 2.74. The summed E-state index contributed by atoms with van der Waals surface area (Å²) in [4.78, 5) is 3.28. The molecule has 1 N–H and O–H groups in total. The van der Waals surface area contributed by atoms with Gasteiger partial charge in [0.1, 0.15) is 0 Å². The number of rotatable bonds is 1. The van der Waals surface area contributed by atoms with Crippen molar-refractivity contribution in [2.24, 2.45) is 0 Å². The third-order valence-electron chi connectivity index (χ3n) is 2.52. The molecule has 2 heteroatoms. The fraction of sp³-hybridized carbons (Fsp3) is 0.333. The molecular formula is C12H14ClN. The van der Waals surface area contributed by atoms with Crippen LogP contribution in [0.5, 0.6) is 0 Å². The smallest absolute Gasteiger partial charge is 0.0534 e. The van der Waals surface area contributed by atoms with E-state index in [-0.39, 0.29) is 0 Å². The van der Waals surface area contributed by atoms with Gasteiger partial charge >= 0.3 is 0 Å². The zero-order valence-corrected chi connectivity index (χ0v) is 9.44. The normalized spacial score (nSPS) is 11.5. The Hall–Kier alpha value is -0.950. The van der Waals surface area contributed by atoms with Crippen LogP contribution in [0.15, 0.2) is 18.2 Å². The fourth-order valence-electron chi connectivity index (χ4n) is 1.77. The van der Waals surface area contributed by atoms with Crippen LogP contribution in [0.1, 0.15) is 31.0 Å². The predicted molar refractivity (Wildman–Crippen MR) is 62.1 cm³/mol. The number of hydrogen-bond acceptors (Lipinski definition) is 0. The number of aromatic nitrogens is 1. The molecule has 0 aliphatic heterocycles. The number of nitrogens with one attached hydrogen (secondary N) is 1.